The molecule has 1 N–H and O–H groups in total. The highest BCUT2D eigenvalue weighted by atomic mass is 79.9. The van der Waals surface area contributed by atoms with Gasteiger partial charge in [-0.15, -0.1) is 0 Å². The molecule has 0 aliphatic rings. The first-order valence-corrected chi connectivity index (χ1v) is 7.39. The maximum absolute atomic E-state index is 5.31. The summed E-state index contributed by atoms with van der Waals surface area (Å²) in [6.45, 7) is 1.69. The summed E-state index contributed by atoms with van der Waals surface area (Å²) in [6.07, 6.45) is 4.44. The maximum atomic E-state index is 5.31. The molecule has 0 spiro atoms. The molecule has 3 aromatic rings. The zero-order valence-corrected chi connectivity index (χ0v) is 12.6. The van der Waals surface area contributed by atoms with Gasteiger partial charge in [0.05, 0.1) is 11.8 Å². The summed E-state index contributed by atoms with van der Waals surface area (Å²) < 4.78 is 6.40. The molecule has 20 heavy (non-hydrogen) atoms. The third-order valence-electron chi connectivity index (χ3n) is 3.24. The Hall–Kier alpha value is -1.65. The molecule has 4 heteroatoms. The Balaban J connectivity index is 1.67. The monoisotopic (exact) mass is 330 g/mol. The first-order chi connectivity index (χ1) is 9.84. The van der Waals surface area contributed by atoms with E-state index >= 15 is 0 Å². The zero-order chi connectivity index (χ0) is 13.8. The number of pyridine rings is 1. The first kappa shape index (κ1) is 13.3. The van der Waals surface area contributed by atoms with Crippen molar-refractivity contribution in [2.45, 2.75) is 13.0 Å². The molecule has 2 heterocycles. The Morgan fingerprint density at radius 2 is 2.10 bits per heavy atom. The van der Waals surface area contributed by atoms with Crippen LogP contribution in [0.1, 0.15) is 11.3 Å². The first-order valence-electron chi connectivity index (χ1n) is 6.60. The van der Waals surface area contributed by atoms with Crippen LogP contribution in [-0.4, -0.2) is 11.5 Å². The summed E-state index contributed by atoms with van der Waals surface area (Å²) in [4.78, 5) is 4.48. The Labute approximate surface area is 126 Å². The Bertz CT molecular complexity index is 695. The van der Waals surface area contributed by atoms with Crippen LogP contribution in [0.15, 0.2) is 57.7 Å². The molecule has 0 saturated carbocycles. The molecule has 2 aromatic heterocycles. The number of rotatable bonds is 5. The average molecular weight is 331 g/mol. The van der Waals surface area contributed by atoms with Gasteiger partial charge in [-0.1, -0.05) is 28.1 Å². The van der Waals surface area contributed by atoms with Crippen molar-refractivity contribution >= 4 is 26.8 Å². The Kier molecular flexibility index (Phi) is 4.14. The number of furan rings is 1. The van der Waals surface area contributed by atoms with Gasteiger partial charge < -0.3 is 9.73 Å². The lowest BCUT2D eigenvalue weighted by molar-refractivity contribution is 0.499. The molecule has 0 bridgehead atoms. The summed E-state index contributed by atoms with van der Waals surface area (Å²) in [7, 11) is 0. The molecule has 3 rings (SSSR count). The molecule has 0 saturated heterocycles. The van der Waals surface area contributed by atoms with Crippen molar-refractivity contribution in [3.63, 3.8) is 0 Å². The molecular formula is C16H15BrN2O. The van der Waals surface area contributed by atoms with Crippen molar-refractivity contribution in [1.29, 1.82) is 0 Å². The quantitative estimate of drug-likeness (QED) is 0.720. The maximum Gasteiger partial charge on any atom is 0.105 e. The van der Waals surface area contributed by atoms with Crippen LogP contribution in [0, 0.1) is 0 Å². The molecule has 0 fully saturated rings. The number of nitrogens with zero attached hydrogens (tertiary/aromatic N) is 1. The summed E-state index contributed by atoms with van der Waals surface area (Å²) in [5.41, 5.74) is 2.26. The highest BCUT2D eigenvalue weighted by Gasteiger charge is 2.05. The van der Waals surface area contributed by atoms with E-state index in [0.717, 1.165) is 40.6 Å². The van der Waals surface area contributed by atoms with E-state index in [4.69, 9.17) is 4.42 Å². The third kappa shape index (κ3) is 2.92. The minimum absolute atomic E-state index is 0.807. The fourth-order valence-corrected chi connectivity index (χ4v) is 2.68. The molecule has 0 aliphatic heterocycles. The molecule has 1 aromatic carbocycles. The van der Waals surface area contributed by atoms with Crippen LogP contribution in [0.3, 0.4) is 0 Å². The van der Waals surface area contributed by atoms with Crippen molar-refractivity contribution in [3.8, 4) is 0 Å². The average Bonchev–Trinajstić information content (AvgIpc) is 2.99. The van der Waals surface area contributed by atoms with Crippen molar-refractivity contribution in [2.75, 3.05) is 6.54 Å². The third-order valence-corrected chi connectivity index (χ3v) is 3.94. The smallest absolute Gasteiger partial charge is 0.105 e. The summed E-state index contributed by atoms with van der Waals surface area (Å²) in [5, 5.41) is 4.59. The molecule has 0 aliphatic carbocycles. The van der Waals surface area contributed by atoms with Gasteiger partial charge in [-0.25, -0.2) is 0 Å². The van der Waals surface area contributed by atoms with Gasteiger partial charge in [-0.3, -0.25) is 4.98 Å². The van der Waals surface area contributed by atoms with Crippen molar-refractivity contribution in [1.82, 2.24) is 10.3 Å². The van der Waals surface area contributed by atoms with Crippen molar-refractivity contribution < 1.29 is 4.42 Å². The van der Waals surface area contributed by atoms with E-state index < -0.39 is 0 Å². The van der Waals surface area contributed by atoms with Crippen molar-refractivity contribution in [2.24, 2.45) is 0 Å². The predicted octanol–water partition coefficient (Wildman–Crippen LogP) is 3.92. The highest BCUT2D eigenvalue weighted by Crippen LogP contribution is 2.25. The molecule has 0 amide bonds. The van der Waals surface area contributed by atoms with Gasteiger partial charge in [-0.05, 0) is 29.8 Å². The van der Waals surface area contributed by atoms with Crippen LogP contribution in [0.4, 0.5) is 0 Å². The van der Waals surface area contributed by atoms with Gasteiger partial charge in [0.2, 0.25) is 0 Å². The summed E-state index contributed by atoms with van der Waals surface area (Å²) in [5.74, 6) is 1.01. The van der Waals surface area contributed by atoms with Gasteiger partial charge >= 0.3 is 0 Å². The molecule has 0 radical (unpaired) electrons. The number of nitrogens with one attached hydrogen (secondary N) is 1. The second-order valence-electron chi connectivity index (χ2n) is 4.61. The fraction of sp³-hybridized carbons (Fsp3) is 0.188. The predicted molar refractivity (Wildman–Crippen MR) is 83.6 cm³/mol. The van der Waals surface area contributed by atoms with Gasteiger partial charge in [-0.2, -0.15) is 0 Å². The number of fused-ring (bicyclic) bond motifs is 1. The van der Waals surface area contributed by atoms with Crippen LogP contribution in [0.2, 0.25) is 0 Å². The second kappa shape index (κ2) is 6.20. The molecular weight excluding hydrogens is 316 g/mol. The summed E-state index contributed by atoms with van der Waals surface area (Å²) >= 11 is 3.57. The van der Waals surface area contributed by atoms with E-state index in [-0.39, 0.29) is 0 Å². The van der Waals surface area contributed by atoms with E-state index in [1.165, 1.54) is 5.56 Å². The van der Waals surface area contributed by atoms with E-state index in [9.17, 15) is 0 Å². The highest BCUT2D eigenvalue weighted by molar-refractivity contribution is 9.10. The van der Waals surface area contributed by atoms with Gasteiger partial charge in [0.25, 0.3) is 0 Å². The lowest BCUT2D eigenvalue weighted by Gasteiger charge is -2.08. The summed E-state index contributed by atoms with van der Waals surface area (Å²) in [6, 6.07) is 12.1. The van der Waals surface area contributed by atoms with E-state index in [0.29, 0.717) is 0 Å². The topological polar surface area (TPSA) is 38.1 Å². The van der Waals surface area contributed by atoms with Crippen LogP contribution >= 0.6 is 15.9 Å². The standard InChI is InChI=1S/C16H15BrN2O/c17-15-6-5-12(16-14(15)4-1-8-19-16)11-18-9-7-13-3-2-10-20-13/h1-6,8,10,18H,7,9,11H2. The number of halogens is 1. The van der Waals surface area contributed by atoms with Gasteiger partial charge in [0, 0.05) is 35.6 Å². The molecule has 3 nitrogen and oxygen atoms in total. The number of hydrogen-bond donors (Lipinski definition) is 1. The number of benzene rings is 1. The van der Waals surface area contributed by atoms with Crippen LogP contribution in [0.5, 0.6) is 0 Å². The molecule has 102 valence electrons. The van der Waals surface area contributed by atoms with Gasteiger partial charge in [0.15, 0.2) is 0 Å². The van der Waals surface area contributed by atoms with E-state index in [1.54, 1.807) is 6.26 Å². The lowest BCUT2D eigenvalue weighted by Crippen LogP contribution is -2.16. The SMILES string of the molecule is Brc1ccc(CNCCc2ccco2)c2ncccc12. The Morgan fingerprint density at radius 3 is 2.95 bits per heavy atom. The van der Waals surface area contributed by atoms with Crippen LogP contribution in [0.25, 0.3) is 10.9 Å². The van der Waals surface area contributed by atoms with Crippen molar-refractivity contribution in [3.05, 3.63) is 64.7 Å². The Morgan fingerprint density at radius 1 is 1.15 bits per heavy atom. The molecule has 0 unspecified atom stereocenters. The molecule has 0 atom stereocenters. The number of hydrogen-bond acceptors (Lipinski definition) is 3. The normalized spacial score (nSPS) is 11.1. The van der Waals surface area contributed by atoms with E-state index in [2.05, 4.69) is 44.4 Å². The fourth-order valence-electron chi connectivity index (χ4n) is 2.23. The number of aromatic nitrogens is 1. The van der Waals surface area contributed by atoms with E-state index in [1.807, 2.05) is 24.4 Å². The van der Waals surface area contributed by atoms with Gasteiger partial charge in [0.1, 0.15) is 5.76 Å². The largest absolute Gasteiger partial charge is 0.469 e. The zero-order valence-electron chi connectivity index (χ0n) is 11.0. The van der Waals surface area contributed by atoms with Crippen LogP contribution in [-0.2, 0) is 13.0 Å². The minimum atomic E-state index is 0.807. The minimum Gasteiger partial charge on any atom is -0.469 e. The second-order valence-corrected chi connectivity index (χ2v) is 5.47. The van der Waals surface area contributed by atoms with Crippen LogP contribution < -0.4 is 5.32 Å². The lowest BCUT2D eigenvalue weighted by atomic mass is 10.1.